The van der Waals surface area contributed by atoms with Crippen molar-refractivity contribution in [2.24, 2.45) is 0 Å². The Balaban J connectivity index is 1.94. The number of anilines is 1. The Morgan fingerprint density at radius 2 is 1.81 bits per heavy atom. The molecule has 4 heteroatoms. The van der Waals surface area contributed by atoms with Crippen LogP contribution in [0.25, 0.3) is 0 Å². The number of hydrogen-bond acceptors (Lipinski definition) is 3. The number of benzene rings is 1. The molecule has 104 valence electrons. The van der Waals surface area contributed by atoms with Gasteiger partial charge in [-0.15, -0.1) is 0 Å². The topological polar surface area (TPSA) is 46.3 Å². The predicted octanol–water partition coefficient (Wildman–Crippen LogP) is 3.52. The lowest BCUT2D eigenvalue weighted by Gasteiger charge is -2.21. The summed E-state index contributed by atoms with van der Waals surface area (Å²) in [5, 5.41) is 0. The standard InChI is InChI=1S/C17H14N2O2/c20-17(16-10-4-5-11-18-16)19(13-15-9-6-12-21-15)14-7-2-1-3-8-14/h1-12H,13H2. The van der Waals surface area contributed by atoms with E-state index in [9.17, 15) is 4.79 Å². The molecule has 2 aromatic heterocycles. The molecule has 3 rings (SSSR count). The molecule has 0 fully saturated rings. The molecular formula is C17H14N2O2. The zero-order chi connectivity index (χ0) is 14.5. The van der Waals surface area contributed by atoms with Crippen LogP contribution < -0.4 is 4.90 Å². The Morgan fingerprint density at radius 1 is 1.00 bits per heavy atom. The SMILES string of the molecule is O=C(c1ccccn1)N(Cc1ccco1)c1ccccc1. The second-order valence-electron chi connectivity index (χ2n) is 4.52. The minimum absolute atomic E-state index is 0.154. The van der Waals surface area contributed by atoms with Gasteiger partial charge >= 0.3 is 0 Å². The molecule has 21 heavy (non-hydrogen) atoms. The molecule has 0 radical (unpaired) electrons. The number of carbonyl (C=O) groups excluding carboxylic acids is 1. The zero-order valence-corrected chi connectivity index (χ0v) is 11.3. The lowest BCUT2D eigenvalue weighted by Crippen LogP contribution is -2.30. The number of aromatic nitrogens is 1. The third-order valence-corrected chi connectivity index (χ3v) is 3.09. The summed E-state index contributed by atoms with van der Waals surface area (Å²) >= 11 is 0. The van der Waals surface area contributed by atoms with Gasteiger partial charge in [0.25, 0.3) is 5.91 Å². The quantitative estimate of drug-likeness (QED) is 0.733. The molecule has 3 aromatic rings. The highest BCUT2D eigenvalue weighted by Crippen LogP contribution is 2.19. The van der Waals surface area contributed by atoms with Gasteiger partial charge in [-0.25, -0.2) is 0 Å². The molecule has 1 aromatic carbocycles. The van der Waals surface area contributed by atoms with Crippen LogP contribution in [0.5, 0.6) is 0 Å². The number of pyridine rings is 1. The van der Waals surface area contributed by atoms with E-state index in [1.165, 1.54) is 0 Å². The van der Waals surface area contributed by atoms with Crippen molar-refractivity contribution in [2.45, 2.75) is 6.54 Å². The molecule has 0 spiro atoms. The fourth-order valence-corrected chi connectivity index (χ4v) is 2.07. The Bertz CT molecular complexity index is 694. The van der Waals surface area contributed by atoms with Crippen molar-refractivity contribution in [1.29, 1.82) is 0 Å². The minimum atomic E-state index is -0.154. The van der Waals surface area contributed by atoms with Gasteiger partial charge in [-0.05, 0) is 36.4 Å². The smallest absolute Gasteiger partial charge is 0.277 e. The maximum Gasteiger partial charge on any atom is 0.277 e. The normalized spacial score (nSPS) is 10.3. The van der Waals surface area contributed by atoms with Gasteiger partial charge in [0.15, 0.2) is 0 Å². The van der Waals surface area contributed by atoms with Gasteiger partial charge in [-0.2, -0.15) is 0 Å². The predicted molar refractivity (Wildman–Crippen MR) is 79.9 cm³/mol. The van der Waals surface area contributed by atoms with Gasteiger partial charge < -0.3 is 4.42 Å². The van der Waals surface area contributed by atoms with E-state index < -0.39 is 0 Å². The van der Waals surface area contributed by atoms with Crippen LogP contribution >= 0.6 is 0 Å². The number of nitrogens with zero attached hydrogens (tertiary/aromatic N) is 2. The van der Waals surface area contributed by atoms with E-state index in [0.29, 0.717) is 12.2 Å². The zero-order valence-electron chi connectivity index (χ0n) is 11.3. The van der Waals surface area contributed by atoms with E-state index in [-0.39, 0.29) is 5.91 Å². The lowest BCUT2D eigenvalue weighted by molar-refractivity contribution is 0.0978. The summed E-state index contributed by atoms with van der Waals surface area (Å²) in [6.07, 6.45) is 3.22. The van der Waals surface area contributed by atoms with Crippen LogP contribution in [0.3, 0.4) is 0 Å². The van der Waals surface area contributed by atoms with Crippen molar-refractivity contribution in [2.75, 3.05) is 4.90 Å². The van der Waals surface area contributed by atoms with Gasteiger partial charge in [0.2, 0.25) is 0 Å². The average Bonchev–Trinajstić information content (AvgIpc) is 3.07. The van der Waals surface area contributed by atoms with Crippen LogP contribution in [0.2, 0.25) is 0 Å². The van der Waals surface area contributed by atoms with Gasteiger partial charge in [-0.3, -0.25) is 14.7 Å². The molecule has 0 bridgehead atoms. The van der Waals surface area contributed by atoms with Crippen LogP contribution in [0.4, 0.5) is 5.69 Å². The second kappa shape index (κ2) is 6.05. The molecule has 0 atom stereocenters. The lowest BCUT2D eigenvalue weighted by atomic mass is 10.2. The first-order chi connectivity index (χ1) is 10.3. The molecule has 0 aliphatic heterocycles. The summed E-state index contributed by atoms with van der Waals surface area (Å²) in [6.45, 7) is 0.367. The molecule has 0 aliphatic carbocycles. The maximum atomic E-state index is 12.7. The monoisotopic (exact) mass is 278 g/mol. The average molecular weight is 278 g/mol. The van der Waals surface area contributed by atoms with E-state index in [0.717, 1.165) is 11.4 Å². The summed E-state index contributed by atoms with van der Waals surface area (Å²) in [5.41, 5.74) is 1.22. The summed E-state index contributed by atoms with van der Waals surface area (Å²) in [4.78, 5) is 18.5. The van der Waals surface area contributed by atoms with E-state index in [2.05, 4.69) is 4.98 Å². The van der Waals surface area contributed by atoms with Gasteiger partial charge in [0, 0.05) is 11.9 Å². The van der Waals surface area contributed by atoms with Crippen LogP contribution in [-0.4, -0.2) is 10.9 Å². The number of para-hydroxylation sites is 1. The highest BCUT2D eigenvalue weighted by Gasteiger charge is 2.19. The summed E-state index contributed by atoms with van der Waals surface area (Å²) < 4.78 is 5.36. The molecule has 0 saturated heterocycles. The molecule has 0 N–H and O–H groups in total. The van der Waals surface area contributed by atoms with Crippen molar-refractivity contribution in [3.8, 4) is 0 Å². The first kappa shape index (κ1) is 13.1. The molecule has 0 unspecified atom stereocenters. The van der Waals surface area contributed by atoms with E-state index >= 15 is 0 Å². The Labute approximate surface area is 122 Å². The van der Waals surface area contributed by atoms with Crippen LogP contribution in [0.15, 0.2) is 77.5 Å². The summed E-state index contributed by atoms with van der Waals surface area (Å²) in [7, 11) is 0. The van der Waals surface area contributed by atoms with Gasteiger partial charge in [0.05, 0.1) is 12.8 Å². The van der Waals surface area contributed by atoms with Crippen LogP contribution in [0.1, 0.15) is 16.2 Å². The van der Waals surface area contributed by atoms with Gasteiger partial charge in [0.1, 0.15) is 11.5 Å². The van der Waals surface area contributed by atoms with Crippen LogP contribution in [0, 0.1) is 0 Å². The third kappa shape index (κ3) is 3.00. The molecule has 1 amide bonds. The number of rotatable bonds is 4. The highest BCUT2D eigenvalue weighted by molar-refractivity contribution is 6.04. The number of furan rings is 1. The first-order valence-electron chi connectivity index (χ1n) is 6.65. The highest BCUT2D eigenvalue weighted by atomic mass is 16.3. The molecule has 2 heterocycles. The largest absolute Gasteiger partial charge is 0.467 e. The Kier molecular flexibility index (Phi) is 3.78. The fraction of sp³-hybridized carbons (Fsp3) is 0.0588. The van der Waals surface area contributed by atoms with Crippen molar-refractivity contribution < 1.29 is 9.21 Å². The van der Waals surface area contributed by atoms with E-state index in [1.807, 2.05) is 42.5 Å². The van der Waals surface area contributed by atoms with Crippen molar-refractivity contribution >= 4 is 11.6 Å². The Hall–Kier alpha value is -2.88. The van der Waals surface area contributed by atoms with E-state index in [4.69, 9.17) is 4.42 Å². The minimum Gasteiger partial charge on any atom is -0.467 e. The number of amides is 1. The van der Waals surface area contributed by atoms with Crippen LogP contribution in [-0.2, 0) is 6.54 Å². The molecule has 0 saturated carbocycles. The summed E-state index contributed by atoms with van der Waals surface area (Å²) in [5.74, 6) is 0.571. The molecule has 4 nitrogen and oxygen atoms in total. The van der Waals surface area contributed by atoms with Crippen molar-refractivity contribution in [1.82, 2.24) is 4.98 Å². The molecular weight excluding hydrogens is 264 g/mol. The number of hydrogen-bond donors (Lipinski definition) is 0. The van der Waals surface area contributed by atoms with E-state index in [1.54, 1.807) is 35.6 Å². The fourth-order valence-electron chi connectivity index (χ4n) is 2.07. The summed E-state index contributed by atoms with van der Waals surface area (Å²) in [6, 6.07) is 18.5. The van der Waals surface area contributed by atoms with Crippen molar-refractivity contribution in [3.63, 3.8) is 0 Å². The Morgan fingerprint density at radius 3 is 2.48 bits per heavy atom. The number of carbonyl (C=O) groups is 1. The van der Waals surface area contributed by atoms with Gasteiger partial charge in [-0.1, -0.05) is 24.3 Å². The maximum absolute atomic E-state index is 12.7. The molecule has 0 aliphatic rings. The second-order valence-corrected chi connectivity index (χ2v) is 4.52. The third-order valence-electron chi connectivity index (χ3n) is 3.09. The van der Waals surface area contributed by atoms with Crippen molar-refractivity contribution in [3.05, 3.63) is 84.6 Å². The first-order valence-corrected chi connectivity index (χ1v) is 6.65.